The lowest BCUT2D eigenvalue weighted by molar-refractivity contribution is 0.321. The van der Waals surface area contributed by atoms with Crippen LogP contribution in [-0.4, -0.2) is 12.6 Å². The molecule has 1 N–H and O–H groups in total. The van der Waals surface area contributed by atoms with Crippen LogP contribution in [-0.2, 0) is 0 Å². The highest BCUT2D eigenvalue weighted by Gasteiger charge is 2.52. The summed E-state index contributed by atoms with van der Waals surface area (Å²) >= 11 is 0. The highest BCUT2D eigenvalue weighted by atomic mass is 15.0. The maximum atomic E-state index is 3.47. The Morgan fingerprint density at radius 3 is 2.75 bits per heavy atom. The van der Waals surface area contributed by atoms with Gasteiger partial charge in [0.2, 0.25) is 0 Å². The van der Waals surface area contributed by atoms with Gasteiger partial charge in [-0.1, -0.05) is 6.92 Å². The zero-order valence-corrected chi connectivity index (χ0v) is 5.35. The van der Waals surface area contributed by atoms with Crippen molar-refractivity contribution in [2.24, 2.45) is 11.8 Å². The Labute approximate surface area is 50.5 Å². The topological polar surface area (TPSA) is 12.0 Å². The van der Waals surface area contributed by atoms with Gasteiger partial charge in [0.05, 0.1) is 0 Å². The highest BCUT2D eigenvalue weighted by Crippen LogP contribution is 2.55. The number of nitrogens with one attached hydrogen (secondary N) is 1. The summed E-state index contributed by atoms with van der Waals surface area (Å²) in [5, 5.41) is 3.47. The van der Waals surface area contributed by atoms with E-state index in [0.29, 0.717) is 0 Å². The normalized spacial score (nSPS) is 49.9. The molecule has 0 spiro atoms. The van der Waals surface area contributed by atoms with E-state index in [2.05, 4.69) is 12.2 Å². The van der Waals surface area contributed by atoms with Gasteiger partial charge in [0.25, 0.3) is 0 Å². The summed E-state index contributed by atoms with van der Waals surface area (Å²) in [5.41, 5.74) is 0. The molecule has 0 bridgehead atoms. The van der Waals surface area contributed by atoms with E-state index in [4.69, 9.17) is 0 Å². The molecule has 3 unspecified atom stereocenters. The SMILES string of the molecule is CCNC1CC2CC21. The molecular weight excluding hydrogens is 98.1 g/mol. The van der Waals surface area contributed by atoms with Crippen LogP contribution in [0.2, 0.25) is 0 Å². The lowest BCUT2D eigenvalue weighted by Crippen LogP contribution is -2.37. The second kappa shape index (κ2) is 1.47. The van der Waals surface area contributed by atoms with Crippen molar-refractivity contribution in [3.8, 4) is 0 Å². The summed E-state index contributed by atoms with van der Waals surface area (Å²) in [4.78, 5) is 0. The van der Waals surface area contributed by atoms with Gasteiger partial charge in [0, 0.05) is 6.04 Å². The van der Waals surface area contributed by atoms with Crippen molar-refractivity contribution >= 4 is 0 Å². The Morgan fingerprint density at radius 2 is 2.38 bits per heavy atom. The van der Waals surface area contributed by atoms with E-state index in [-0.39, 0.29) is 0 Å². The molecule has 8 heavy (non-hydrogen) atoms. The second-order valence-electron chi connectivity index (χ2n) is 3.06. The standard InChI is InChI=1S/C7H13N/c1-2-8-7-4-5-3-6(5)7/h5-8H,2-4H2,1H3. The molecule has 2 aliphatic carbocycles. The van der Waals surface area contributed by atoms with Gasteiger partial charge in [-0.05, 0) is 31.2 Å². The van der Waals surface area contributed by atoms with Crippen LogP contribution in [0, 0.1) is 11.8 Å². The van der Waals surface area contributed by atoms with E-state index >= 15 is 0 Å². The van der Waals surface area contributed by atoms with Crippen molar-refractivity contribution < 1.29 is 0 Å². The Morgan fingerprint density at radius 1 is 1.50 bits per heavy atom. The van der Waals surface area contributed by atoms with Crippen LogP contribution in [0.5, 0.6) is 0 Å². The van der Waals surface area contributed by atoms with Gasteiger partial charge in [-0.3, -0.25) is 0 Å². The average molecular weight is 111 g/mol. The summed E-state index contributed by atoms with van der Waals surface area (Å²) in [5.74, 6) is 2.26. The molecule has 0 aromatic carbocycles. The first-order chi connectivity index (χ1) is 3.92. The Balaban J connectivity index is 1.76. The van der Waals surface area contributed by atoms with Gasteiger partial charge in [-0.15, -0.1) is 0 Å². The van der Waals surface area contributed by atoms with Crippen molar-refractivity contribution in [1.82, 2.24) is 5.32 Å². The van der Waals surface area contributed by atoms with Gasteiger partial charge in [0.1, 0.15) is 0 Å². The predicted octanol–water partition coefficient (Wildman–Crippen LogP) is 1.00. The first kappa shape index (κ1) is 4.80. The fourth-order valence-electron chi connectivity index (χ4n) is 1.84. The fourth-order valence-corrected chi connectivity index (χ4v) is 1.84. The molecule has 46 valence electrons. The van der Waals surface area contributed by atoms with Crippen LogP contribution in [0.15, 0.2) is 0 Å². The third kappa shape index (κ3) is 0.510. The minimum absolute atomic E-state index is 0.921. The van der Waals surface area contributed by atoms with Crippen LogP contribution in [0.1, 0.15) is 19.8 Å². The molecule has 2 rings (SSSR count). The molecular formula is C7H13N. The van der Waals surface area contributed by atoms with E-state index in [9.17, 15) is 0 Å². The van der Waals surface area contributed by atoms with Crippen molar-refractivity contribution in [3.63, 3.8) is 0 Å². The van der Waals surface area contributed by atoms with E-state index < -0.39 is 0 Å². The molecule has 0 aliphatic heterocycles. The molecule has 2 fully saturated rings. The quantitative estimate of drug-likeness (QED) is 0.560. The van der Waals surface area contributed by atoms with Gasteiger partial charge in [0.15, 0.2) is 0 Å². The summed E-state index contributed by atoms with van der Waals surface area (Å²) in [6.45, 7) is 3.35. The van der Waals surface area contributed by atoms with Crippen molar-refractivity contribution in [2.75, 3.05) is 6.54 Å². The molecule has 0 amide bonds. The summed E-state index contributed by atoms with van der Waals surface area (Å²) < 4.78 is 0. The number of hydrogen-bond donors (Lipinski definition) is 1. The van der Waals surface area contributed by atoms with Crippen LogP contribution in [0.3, 0.4) is 0 Å². The van der Waals surface area contributed by atoms with E-state index in [1.54, 1.807) is 0 Å². The van der Waals surface area contributed by atoms with Crippen LogP contribution in [0.25, 0.3) is 0 Å². The van der Waals surface area contributed by atoms with Crippen molar-refractivity contribution in [1.29, 1.82) is 0 Å². The van der Waals surface area contributed by atoms with Crippen molar-refractivity contribution in [2.45, 2.75) is 25.8 Å². The van der Waals surface area contributed by atoms with Gasteiger partial charge in [-0.2, -0.15) is 0 Å². The predicted molar refractivity (Wildman–Crippen MR) is 33.7 cm³/mol. The third-order valence-corrected chi connectivity index (χ3v) is 2.52. The van der Waals surface area contributed by atoms with Crippen LogP contribution in [0.4, 0.5) is 0 Å². The fraction of sp³-hybridized carbons (Fsp3) is 1.00. The third-order valence-electron chi connectivity index (χ3n) is 2.52. The van der Waals surface area contributed by atoms with Gasteiger partial charge in [-0.25, -0.2) is 0 Å². The largest absolute Gasteiger partial charge is 0.314 e. The zero-order valence-electron chi connectivity index (χ0n) is 5.35. The van der Waals surface area contributed by atoms with Crippen LogP contribution < -0.4 is 5.32 Å². The van der Waals surface area contributed by atoms with Gasteiger partial charge < -0.3 is 5.32 Å². The first-order valence-electron chi connectivity index (χ1n) is 3.65. The number of rotatable bonds is 2. The minimum Gasteiger partial charge on any atom is -0.314 e. The molecule has 0 radical (unpaired) electrons. The van der Waals surface area contributed by atoms with Crippen LogP contribution >= 0.6 is 0 Å². The molecule has 1 heteroatoms. The number of hydrogen-bond acceptors (Lipinski definition) is 1. The Hall–Kier alpha value is -0.0400. The van der Waals surface area contributed by atoms with E-state index in [1.807, 2.05) is 0 Å². The molecule has 2 saturated carbocycles. The van der Waals surface area contributed by atoms with Gasteiger partial charge >= 0.3 is 0 Å². The molecule has 0 heterocycles. The lowest BCUT2D eigenvalue weighted by Gasteiger charge is -2.24. The molecule has 0 saturated heterocycles. The Bertz CT molecular complexity index is 101. The highest BCUT2D eigenvalue weighted by molar-refractivity contribution is 5.06. The average Bonchev–Trinajstić information content (AvgIpc) is 2.36. The summed E-state index contributed by atoms with van der Waals surface area (Å²) in [6, 6.07) is 0.921. The lowest BCUT2D eigenvalue weighted by atomic mass is 9.93. The zero-order chi connectivity index (χ0) is 5.56. The number of fused-ring (bicyclic) bond motifs is 1. The second-order valence-corrected chi connectivity index (χ2v) is 3.06. The minimum atomic E-state index is 0.921. The molecule has 0 aromatic rings. The summed E-state index contributed by atoms with van der Waals surface area (Å²) in [7, 11) is 0. The maximum Gasteiger partial charge on any atom is 0.0101 e. The molecule has 2 aliphatic rings. The van der Waals surface area contributed by atoms with E-state index in [1.165, 1.54) is 12.8 Å². The summed E-state index contributed by atoms with van der Waals surface area (Å²) in [6.07, 6.45) is 3.00. The Kier molecular flexibility index (Phi) is 0.884. The molecule has 0 aromatic heterocycles. The monoisotopic (exact) mass is 111 g/mol. The van der Waals surface area contributed by atoms with Crippen molar-refractivity contribution in [3.05, 3.63) is 0 Å². The van der Waals surface area contributed by atoms with E-state index in [0.717, 1.165) is 24.4 Å². The smallest absolute Gasteiger partial charge is 0.0101 e. The molecule has 3 atom stereocenters. The first-order valence-corrected chi connectivity index (χ1v) is 3.65. The maximum absolute atomic E-state index is 3.47. The molecule has 1 nitrogen and oxygen atoms in total.